The summed E-state index contributed by atoms with van der Waals surface area (Å²) in [6, 6.07) is 10.5. The fourth-order valence-electron chi connectivity index (χ4n) is 2.38. The minimum Gasteiger partial charge on any atom is -0.331 e. The van der Waals surface area contributed by atoms with Gasteiger partial charge in [0.25, 0.3) is 0 Å². The molecular weight excluding hydrogens is 323 g/mol. The first-order valence-corrected chi connectivity index (χ1v) is 8.69. The van der Waals surface area contributed by atoms with Crippen LogP contribution >= 0.6 is 11.3 Å². The molecule has 0 aliphatic heterocycles. The third-order valence-electron chi connectivity index (χ3n) is 3.92. The van der Waals surface area contributed by atoms with Gasteiger partial charge in [0.15, 0.2) is 5.13 Å². The van der Waals surface area contributed by atoms with Crippen LogP contribution in [0, 0.1) is 18.7 Å². The number of nitrogens with one attached hydrogen (secondary N) is 1. The van der Waals surface area contributed by atoms with Gasteiger partial charge in [-0.2, -0.15) is 0 Å². The first-order valence-electron chi connectivity index (χ1n) is 7.88. The summed E-state index contributed by atoms with van der Waals surface area (Å²) in [7, 11) is 0. The molecule has 0 atom stereocenters. The number of nitrogens with zero attached hydrogens (tertiary/aromatic N) is 1. The van der Waals surface area contributed by atoms with Gasteiger partial charge >= 0.3 is 0 Å². The second kappa shape index (κ2) is 6.69. The lowest BCUT2D eigenvalue weighted by Gasteiger charge is -2.06. The fraction of sp³-hybridized carbons (Fsp3) is 0.263. The van der Waals surface area contributed by atoms with E-state index < -0.39 is 0 Å². The number of rotatable bonds is 5. The molecule has 24 heavy (non-hydrogen) atoms. The van der Waals surface area contributed by atoms with E-state index in [0.717, 1.165) is 21.3 Å². The number of Topliss-reactive ketones (excluding diaryl/α,β-unsaturated/α-hetero) is 1. The molecule has 1 aromatic heterocycles. The standard InChI is InChI=1S/C19H19FN2OS/c1-11(2)17(23)8-13-5-7-15-18(9-13)24-19(21-15)22-16-10-14(20)6-4-12(16)3/h4-7,9-11H,8H2,1-3H3,(H,21,22). The number of benzene rings is 2. The predicted molar refractivity (Wildman–Crippen MR) is 97.6 cm³/mol. The van der Waals surface area contributed by atoms with Crippen LogP contribution in [-0.2, 0) is 11.2 Å². The van der Waals surface area contributed by atoms with Gasteiger partial charge in [-0.1, -0.05) is 37.3 Å². The Bertz CT molecular complexity index is 902. The van der Waals surface area contributed by atoms with Crippen LogP contribution in [0.3, 0.4) is 0 Å². The number of fused-ring (bicyclic) bond motifs is 1. The molecule has 5 heteroatoms. The average molecular weight is 342 g/mol. The van der Waals surface area contributed by atoms with Crippen LogP contribution in [-0.4, -0.2) is 10.8 Å². The maximum atomic E-state index is 13.4. The van der Waals surface area contributed by atoms with Crippen LogP contribution in [0.5, 0.6) is 0 Å². The predicted octanol–water partition coefficient (Wildman–Crippen LogP) is 5.26. The minimum absolute atomic E-state index is 0.0373. The van der Waals surface area contributed by atoms with Gasteiger partial charge < -0.3 is 5.32 Å². The third kappa shape index (κ3) is 3.62. The summed E-state index contributed by atoms with van der Waals surface area (Å²) in [5.41, 5.74) is 3.54. The van der Waals surface area contributed by atoms with E-state index in [9.17, 15) is 9.18 Å². The molecule has 1 heterocycles. The molecule has 0 saturated heterocycles. The van der Waals surface area contributed by atoms with Gasteiger partial charge in [0.1, 0.15) is 11.6 Å². The van der Waals surface area contributed by atoms with E-state index >= 15 is 0 Å². The van der Waals surface area contributed by atoms with Crippen molar-refractivity contribution in [3.8, 4) is 0 Å². The fourth-order valence-corrected chi connectivity index (χ4v) is 3.32. The molecule has 0 fully saturated rings. The Kier molecular flexibility index (Phi) is 4.62. The van der Waals surface area contributed by atoms with Gasteiger partial charge in [0.05, 0.1) is 10.2 Å². The van der Waals surface area contributed by atoms with E-state index in [1.807, 2.05) is 39.0 Å². The number of hydrogen-bond donors (Lipinski definition) is 1. The molecule has 0 aliphatic rings. The van der Waals surface area contributed by atoms with Crippen molar-refractivity contribution in [3.63, 3.8) is 0 Å². The Labute approximate surface area is 144 Å². The normalized spacial score (nSPS) is 11.2. The van der Waals surface area contributed by atoms with Crippen LogP contribution < -0.4 is 5.32 Å². The van der Waals surface area contributed by atoms with Crippen LogP contribution in [0.4, 0.5) is 15.2 Å². The van der Waals surface area contributed by atoms with Crippen molar-refractivity contribution in [2.75, 3.05) is 5.32 Å². The van der Waals surface area contributed by atoms with Gasteiger partial charge in [-0.15, -0.1) is 0 Å². The summed E-state index contributed by atoms with van der Waals surface area (Å²) >= 11 is 1.50. The Balaban J connectivity index is 1.86. The molecule has 0 bridgehead atoms. The maximum absolute atomic E-state index is 13.4. The summed E-state index contributed by atoms with van der Waals surface area (Å²) in [5, 5.41) is 3.90. The summed E-state index contributed by atoms with van der Waals surface area (Å²) in [6.45, 7) is 5.75. The van der Waals surface area contributed by atoms with E-state index in [2.05, 4.69) is 10.3 Å². The molecule has 3 aromatic rings. The minimum atomic E-state index is -0.279. The highest BCUT2D eigenvalue weighted by atomic mass is 32.1. The highest BCUT2D eigenvalue weighted by Crippen LogP contribution is 2.30. The van der Waals surface area contributed by atoms with Crippen molar-refractivity contribution in [2.45, 2.75) is 27.2 Å². The molecule has 0 saturated carbocycles. The zero-order valence-electron chi connectivity index (χ0n) is 13.9. The summed E-state index contributed by atoms with van der Waals surface area (Å²) < 4.78 is 14.4. The monoisotopic (exact) mass is 342 g/mol. The third-order valence-corrected chi connectivity index (χ3v) is 4.85. The molecule has 3 rings (SSSR count). The van der Waals surface area contributed by atoms with Gasteiger partial charge in [-0.25, -0.2) is 9.37 Å². The van der Waals surface area contributed by atoms with Crippen LogP contribution in [0.25, 0.3) is 10.2 Å². The Morgan fingerprint density at radius 3 is 2.79 bits per heavy atom. The highest BCUT2D eigenvalue weighted by Gasteiger charge is 2.11. The number of halogens is 1. The van der Waals surface area contributed by atoms with E-state index in [-0.39, 0.29) is 17.5 Å². The summed E-state index contributed by atoms with van der Waals surface area (Å²) in [4.78, 5) is 16.4. The van der Waals surface area contributed by atoms with Crippen LogP contribution in [0.2, 0.25) is 0 Å². The second-order valence-electron chi connectivity index (χ2n) is 6.20. The van der Waals surface area contributed by atoms with Gasteiger partial charge in [0, 0.05) is 18.0 Å². The zero-order chi connectivity index (χ0) is 17.3. The number of thiazole rings is 1. The summed E-state index contributed by atoms with van der Waals surface area (Å²) in [6.07, 6.45) is 0.442. The molecule has 124 valence electrons. The first-order chi connectivity index (χ1) is 11.4. The van der Waals surface area contributed by atoms with Crippen molar-refractivity contribution >= 4 is 38.2 Å². The quantitative estimate of drug-likeness (QED) is 0.688. The number of carbonyl (C=O) groups excluding carboxylic acids is 1. The molecule has 3 nitrogen and oxygen atoms in total. The van der Waals surface area contributed by atoms with Gasteiger partial charge in [-0.05, 0) is 42.3 Å². The van der Waals surface area contributed by atoms with E-state index in [1.165, 1.54) is 23.5 Å². The molecular formula is C19H19FN2OS. The lowest BCUT2D eigenvalue weighted by Crippen LogP contribution is -2.09. The Morgan fingerprint density at radius 1 is 1.25 bits per heavy atom. The van der Waals surface area contributed by atoms with Crippen molar-refractivity contribution in [1.82, 2.24) is 4.98 Å². The highest BCUT2D eigenvalue weighted by molar-refractivity contribution is 7.22. The van der Waals surface area contributed by atoms with Crippen molar-refractivity contribution < 1.29 is 9.18 Å². The largest absolute Gasteiger partial charge is 0.331 e. The molecule has 1 N–H and O–H groups in total. The number of ketones is 1. The molecule has 0 aliphatic carbocycles. The lowest BCUT2D eigenvalue weighted by molar-refractivity contribution is -0.121. The smallest absolute Gasteiger partial charge is 0.188 e. The van der Waals surface area contributed by atoms with Gasteiger partial charge in [-0.3, -0.25) is 4.79 Å². The molecule has 2 aromatic carbocycles. The first kappa shape index (κ1) is 16.6. The van der Waals surface area contributed by atoms with E-state index in [4.69, 9.17) is 0 Å². The number of carbonyl (C=O) groups is 1. The maximum Gasteiger partial charge on any atom is 0.188 e. The molecule has 0 amide bonds. The molecule has 0 radical (unpaired) electrons. The van der Waals surface area contributed by atoms with Crippen LogP contribution in [0.15, 0.2) is 36.4 Å². The molecule has 0 unspecified atom stereocenters. The average Bonchev–Trinajstić information content (AvgIpc) is 2.92. The SMILES string of the molecule is Cc1ccc(F)cc1Nc1nc2ccc(CC(=O)C(C)C)cc2s1. The van der Waals surface area contributed by atoms with Crippen molar-refractivity contribution in [2.24, 2.45) is 5.92 Å². The Morgan fingerprint density at radius 2 is 2.04 bits per heavy atom. The van der Waals surface area contributed by atoms with E-state index in [0.29, 0.717) is 17.2 Å². The zero-order valence-corrected chi connectivity index (χ0v) is 14.7. The van der Waals surface area contributed by atoms with Crippen LogP contribution in [0.1, 0.15) is 25.0 Å². The second-order valence-corrected chi connectivity index (χ2v) is 7.23. The van der Waals surface area contributed by atoms with Crippen molar-refractivity contribution in [1.29, 1.82) is 0 Å². The number of hydrogen-bond acceptors (Lipinski definition) is 4. The number of anilines is 2. The number of aromatic nitrogens is 1. The Hall–Kier alpha value is -2.27. The van der Waals surface area contributed by atoms with E-state index in [1.54, 1.807) is 6.07 Å². The lowest BCUT2D eigenvalue weighted by atomic mass is 10.0. The summed E-state index contributed by atoms with van der Waals surface area (Å²) in [5.74, 6) is -0.0124. The molecule has 0 spiro atoms. The topological polar surface area (TPSA) is 42.0 Å². The van der Waals surface area contributed by atoms with Crippen molar-refractivity contribution in [3.05, 3.63) is 53.3 Å². The van der Waals surface area contributed by atoms with Gasteiger partial charge in [0.2, 0.25) is 0 Å². The number of aryl methyl sites for hydroxylation is 1.